The first kappa shape index (κ1) is 17.1. The highest BCUT2D eigenvalue weighted by Crippen LogP contribution is 2.23. The summed E-state index contributed by atoms with van der Waals surface area (Å²) in [5.41, 5.74) is 1.62. The molecule has 0 radical (unpaired) electrons. The summed E-state index contributed by atoms with van der Waals surface area (Å²) in [6.07, 6.45) is 1.32. The van der Waals surface area contributed by atoms with Crippen molar-refractivity contribution < 1.29 is 9.72 Å². The zero-order valence-corrected chi connectivity index (χ0v) is 12.8. The Hall–Kier alpha value is -1.95. The molecule has 6 heteroatoms. The van der Waals surface area contributed by atoms with Crippen LogP contribution in [0.2, 0.25) is 0 Å². The maximum Gasteiger partial charge on any atom is 0.272 e. The van der Waals surface area contributed by atoms with Crippen LogP contribution in [0.4, 0.5) is 5.69 Å². The van der Waals surface area contributed by atoms with E-state index in [9.17, 15) is 14.9 Å². The lowest BCUT2D eigenvalue weighted by Crippen LogP contribution is -2.29. The molecule has 0 saturated heterocycles. The van der Waals surface area contributed by atoms with E-state index in [1.807, 2.05) is 19.9 Å². The van der Waals surface area contributed by atoms with Crippen LogP contribution in [0.15, 0.2) is 18.2 Å². The van der Waals surface area contributed by atoms with Crippen molar-refractivity contribution in [2.24, 2.45) is 0 Å². The second kappa shape index (κ2) is 8.36. The van der Waals surface area contributed by atoms with Gasteiger partial charge in [0.05, 0.1) is 4.92 Å². The number of hydrogen-bond donors (Lipinski definition) is 2. The lowest BCUT2D eigenvalue weighted by atomic mass is 10.0. The number of nitrogens with zero attached hydrogens (tertiary/aromatic N) is 1. The molecule has 0 fully saturated rings. The highest BCUT2D eigenvalue weighted by molar-refractivity contribution is 5.75. The van der Waals surface area contributed by atoms with E-state index in [0.29, 0.717) is 25.1 Å². The van der Waals surface area contributed by atoms with Gasteiger partial charge in [-0.2, -0.15) is 0 Å². The molecule has 1 amide bonds. The predicted molar refractivity (Wildman–Crippen MR) is 82.2 cm³/mol. The van der Waals surface area contributed by atoms with Gasteiger partial charge in [-0.05, 0) is 25.8 Å². The van der Waals surface area contributed by atoms with Crippen molar-refractivity contribution in [2.75, 3.05) is 13.1 Å². The SMILES string of the molecule is CCCNC(=O)CCNC(C)c1ccc(C)c([N+](=O)[O-])c1. The molecular weight excluding hydrogens is 270 g/mol. The van der Waals surface area contributed by atoms with Crippen molar-refractivity contribution in [3.63, 3.8) is 0 Å². The van der Waals surface area contributed by atoms with Crippen LogP contribution in [0.5, 0.6) is 0 Å². The molecule has 0 bridgehead atoms. The quantitative estimate of drug-likeness (QED) is 0.569. The van der Waals surface area contributed by atoms with E-state index in [2.05, 4.69) is 10.6 Å². The Labute approximate surface area is 125 Å². The highest BCUT2D eigenvalue weighted by atomic mass is 16.6. The Kier molecular flexibility index (Phi) is 6.81. The van der Waals surface area contributed by atoms with E-state index in [1.165, 1.54) is 0 Å². The fraction of sp³-hybridized carbons (Fsp3) is 0.533. The molecule has 0 aliphatic carbocycles. The van der Waals surface area contributed by atoms with E-state index in [0.717, 1.165) is 12.0 Å². The Morgan fingerprint density at radius 3 is 2.71 bits per heavy atom. The van der Waals surface area contributed by atoms with Gasteiger partial charge in [0, 0.05) is 37.2 Å². The number of hydrogen-bond acceptors (Lipinski definition) is 4. The van der Waals surface area contributed by atoms with Crippen molar-refractivity contribution in [1.29, 1.82) is 0 Å². The Bertz CT molecular complexity index is 503. The normalized spacial score (nSPS) is 12.0. The number of aryl methyl sites for hydroxylation is 1. The van der Waals surface area contributed by atoms with Gasteiger partial charge in [-0.1, -0.05) is 19.1 Å². The number of nitro benzene ring substituents is 1. The minimum Gasteiger partial charge on any atom is -0.356 e. The van der Waals surface area contributed by atoms with Gasteiger partial charge in [0.25, 0.3) is 5.69 Å². The summed E-state index contributed by atoms with van der Waals surface area (Å²) < 4.78 is 0. The van der Waals surface area contributed by atoms with Crippen molar-refractivity contribution in [1.82, 2.24) is 10.6 Å². The molecular formula is C15H23N3O3. The van der Waals surface area contributed by atoms with Crippen molar-refractivity contribution in [3.8, 4) is 0 Å². The predicted octanol–water partition coefficient (Wildman–Crippen LogP) is 2.47. The molecule has 1 rings (SSSR count). The average Bonchev–Trinajstić information content (AvgIpc) is 2.45. The standard InChI is InChI=1S/C15H23N3O3/c1-4-8-17-15(19)7-9-16-12(3)13-6-5-11(2)14(10-13)18(20)21/h5-6,10,12,16H,4,7-9H2,1-3H3,(H,17,19). The molecule has 0 saturated carbocycles. The lowest BCUT2D eigenvalue weighted by molar-refractivity contribution is -0.385. The number of carbonyl (C=O) groups excluding carboxylic acids is 1. The van der Waals surface area contributed by atoms with Gasteiger partial charge >= 0.3 is 0 Å². The van der Waals surface area contributed by atoms with Crippen LogP contribution in [0.25, 0.3) is 0 Å². The summed E-state index contributed by atoms with van der Waals surface area (Å²) in [5, 5.41) is 17.0. The molecule has 2 N–H and O–H groups in total. The van der Waals surface area contributed by atoms with Gasteiger partial charge in [0.15, 0.2) is 0 Å². The van der Waals surface area contributed by atoms with Gasteiger partial charge < -0.3 is 10.6 Å². The number of nitrogens with one attached hydrogen (secondary N) is 2. The topological polar surface area (TPSA) is 84.3 Å². The van der Waals surface area contributed by atoms with Crippen LogP contribution in [-0.2, 0) is 4.79 Å². The molecule has 1 unspecified atom stereocenters. The van der Waals surface area contributed by atoms with E-state index < -0.39 is 0 Å². The van der Waals surface area contributed by atoms with E-state index in [1.54, 1.807) is 19.1 Å². The van der Waals surface area contributed by atoms with Gasteiger partial charge in [0.2, 0.25) is 5.91 Å². The monoisotopic (exact) mass is 293 g/mol. The third-order valence-electron chi connectivity index (χ3n) is 3.30. The summed E-state index contributed by atoms with van der Waals surface area (Å²) in [6, 6.07) is 5.17. The van der Waals surface area contributed by atoms with Gasteiger partial charge in [0.1, 0.15) is 0 Å². The zero-order chi connectivity index (χ0) is 15.8. The molecule has 0 aromatic heterocycles. The first-order chi connectivity index (χ1) is 9.95. The first-order valence-corrected chi connectivity index (χ1v) is 7.20. The highest BCUT2D eigenvalue weighted by Gasteiger charge is 2.14. The maximum absolute atomic E-state index is 11.5. The van der Waals surface area contributed by atoms with Crippen LogP contribution < -0.4 is 10.6 Å². The second-order valence-corrected chi connectivity index (χ2v) is 5.08. The molecule has 0 aliphatic heterocycles. The molecule has 116 valence electrons. The Morgan fingerprint density at radius 1 is 1.38 bits per heavy atom. The van der Waals surface area contributed by atoms with Crippen LogP contribution in [0.1, 0.15) is 43.9 Å². The summed E-state index contributed by atoms with van der Waals surface area (Å²) in [7, 11) is 0. The molecule has 0 aliphatic rings. The van der Waals surface area contributed by atoms with Crippen molar-refractivity contribution in [2.45, 2.75) is 39.7 Å². The lowest BCUT2D eigenvalue weighted by Gasteiger charge is -2.14. The molecule has 0 heterocycles. The Balaban J connectivity index is 2.52. The molecule has 0 spiro atoms. The first-order valence-electron chi connectivity index (χ1n) is 7.20. The molecule has 6 nitrogen and oxygen atoms in total. The second-order valence-electron chi connectivity index (χ2n) is 5.08. The molecule has 1 aromatic rings. The van der Waals surface area contributed by atoms with Crippen molar-refractivity contribution >= 4 is 11.6 Å². The zero-order valence-electron chi connectivity index (χ0n) is 12.8. The summed E-state index contributed by atoms with van der Waals surface area (Å²) in [4.78, 5) is 22.0. The summed E-state index contributed by atoms with van der Waals surface area (Å²) in [6.45, 7) is 6.89. The van der Waals surface area contributed by atoms with Gasteiger partial charge in [-0.15, -0.1) is 0 Å². The third kappa shape index (κ3) is 5.51. The molecule has 1 atom stereocenters. The minimum absolute atomic E-state index is 0.0198. The number of amides is 1. The molecule has 21 heavy (non-hydrogen) atoms. The number of rotatable bonds is 8. The fourth-order valence-corrected chi connectivity index (χ4v) is 1.97. The summed E-state index contributed by atoms with van der Waals surface area (Å²) >= 11 is 0. The van der Waals surface area contributed by atoms with Gasteiger partial charge in [-0.3, -0.25) is 14.9 Å². The summed E-state index contributed by atoms with van der Waals surface area (Å²) in [5.74, 6) is 0.0198. The van der Waals surface area contributed by atoms with Gasteiger partial charge in [-0.25, -0.2) is 0 Å². The van der Waals surface area contributed by atoms with Crippen molar-refractivity contribution in [3.05, 3.63) is 39.4 Å². The van der Waals surface area contributed by atoms with E-state index in [4.69, 9.17) is 0 Å². The van der Waals surface area contributed by atoms with E-state index >= 15 is 0 Å². The van der Waals surface area contributed by atoms with Crippen LogP contribution >= 0.6 is 0 Å². The fourth-order valence-electron chi connectivity index (χ4n) is 1.97. The minimum atomic E-state index is -0.371. The molecule has 1 aromatic carbocycles. The Morgan fingerprint density at radius 2 is 2.10 bits per heavy atom. The number of benzene rings is 1. The van der Waals surface area contributed by atoms with Crippen LogP contribution in [0, 0.1) is 17.0 Å². The smallest absolute Gasteiger partial charge is 0.272 e. The van der Waals surface area contributed by atoms with Crippen LogP contribution in [0.3, 0.4) is 0 Å². The van der Waals surface area contributed by atoms with Crippen LogP contribution in [-0.4, -0.2) is 23.9 Å². The average molecular weight is 293 g/mol. The number of nitro groups is 1. The van der Waals surface area contributed by atoms with E-state index in [-0.39, 0.29) is 22.6 Å². The third-order valence-corrected chi connectivity index (χ3v) is 3.30. The maximum atomic E-state index is 11.5. The largest absolute Gasteiger partial charge is 0.356 e. The number of carbonyl (C=O) groups is 1.